The fourth-order valence-electron chi connectivity index (χ4n) is 0.652. The molecule has 0 aromatic carbocycles. The van der Waals surface area contributed by atoms with Gasteiger partial charge in [0.05, 0.1) is 6.20 Å². The maximum absolute atomic E-state index is 5.43. The summed E-state index contributed by atoms with van der Waals surface area (Å²) in [5, 5.41) is 0. The summed E-state index contributed by atoms with van der Waals surface area (Å²) in [4.78, 5) is 7.86. The second-order valence-electron chi connectivity index (χ2n) is 3.26. The summed E-state index contributed by atoms with van der Waals surface area (Å²) in [6.45, 7) is 5.92. The molecular formula is C8H12N2O. The van der Waals surface area contributed by atoms with Crippen LogP contribution in [0.5, 0.6) is 5.88 Å². The van der Waals surface area contributed by atoms with Crippen LogP contribution in [-0.4, -0.2) is 15.6 Å². The molecule has 0 fully saturated rings. The van der Waals surface area contributed by atoms with Crippen LogP contribution in [0.15, 0.2) is 18.6 Å². The highest BCUT2D eigenvalue weighted by molar-refractivity contribution is 5.02. The molecule has 0 spiro atoms. The SMILES string of the molecule is CC(C)(C)Oc1cnccn1. The lowest BCUT2D eigenvalue weighted by Gasteiger charge is -2.19. The van der Waals surface area contributed by atoms with Crippen LogP contribution >= 0.6 is 0 Å². The van der Waals surface area contributed by atoms with Crippen molar-refractivity contribution in [1.82, 2.24) is 9.97 Å². The van der Waals surface area contributed by atoms with Gasteiger partial charge in [0.1, 0.15) is 5.60 Å². The van der Waals surface area contributed by atoms with E-state index in [1.54, 1.807) is 18.6 Å². The second kappa shape index (κ2) is 2.86. The second-order valence-corrected chi connectivity index (χ2v) is 3.26. The van der Waals surface area contributed by atoms with Crippen LogP contribution < -0.4 is 4.74 Å². The van der Waals surface area contributed by atoms with E-state index in [0.29, 0.717) is 5.88 Å². The minimum Gasteiger partial charge on any atom is -0.471 e. The Kier molecular flexibility index (Phi) is 2.08. The summed E-state index contributed by atoms with van der Waals surface area (Å²) in [7, 11) is 0. The topological polar surface area (TPSA) is 35.0 Å². The van der Waals surface area contributed by atoms with Crippen molar-refractivity contribution in [3.05, 3.63) is 18.6 Å². The first-order chi connectivity index (χ1) is 5.08. The average molecular weight is 152 g/mol. The molecule has 0 saturated heterocycles. The van der Waals surface area contributed by atoms with Crippen LogP contribution in [0.3, 0.4) is 0 Å². The van der Waals surface area contributed by atoms with E-state index in [4.69, 9.17) is 4.74 Å². The van der Waals surface area contributed by atoms with Crippen LogP contribution in [0.1, 0.15) is 20.8 Å². The molecule has 1 rings (SSSR count). The van der Waals surface area contributed by atoms with Gasteiger partial charge in [-0.2, -0.15) is 0 Å². The van der Waals surface area contributed by atoms with Crippen molar-refractivity contribution in [2.24, 2.45) is 0 Å². The maximum atomic E-state index is 5.43. The maximum Gasteiger partial charge on any atom is 0.232 e. The zero-order valence-corrected chi connectivity index (χ0v) is 7.03. The fraction of sp³-hybridized carbons (Fsp3) is 0.500. The van der Waals surface area contributed by atoms with Gasteiger partial charge < -0.3 is 4.74 Å². The van der Waals surface area contributed by atoms with E-state index in [9.17, 15) is 0 Å². The van der Waals surface area contributed by atoms with Crippen LogP contribution in [0.2, 0.25) is 0 Å². The molecule has 0 saturated carbocycles. The summed E-state index contributed by atoms with van der Waals surface area (Å²) < 4.78 is 5.43. The van der Waals surface area contributed by atoms with Gasteiger partial charge in [-0.05, 0) is 20.8 Å². The van der Waals surface area contributed by atoms with E-state index in [1.807, 2.05) is 20.8 Å². The number of hydrogen-bond acceptors (Lipinski definition) is 3. The lowest BCUT2D eigenvalue weighted by atomic mass is 10.2. The van der Waals surface area contributed by atoms with Crippen LogP contribution in [0.4, 0.5) is 0 Å². The molecule has 0 unspecified atom stereocenters. The lowest BCUT2D eigenvalue weighted by molar-refractivity contribution is 0.123. The average Bonchev–Trinajstić information content (AvgIpc) is 1.85. The van der Waals surface area contributed by atoms with Gasteiger partial charge in [0.15, 0.2) is 0 Å². The number of ether oxygens (including phenoxy) is 1. The van der Waals surface area contributed by atoms with E-state index in [0.717, 1.165) is 0 Å². The summed E-state index contributed by atoms with van der Waals surface area (Å²) in [6, 6.07) is 0. The van der Waals surface area contributed by atoms with Crippen molar-refractivity contribution in [3.8, 4) is 5.88 Å². The molecule has 60 valence electrons. The zero-order valence-electron chi connectivity index (χ0n) is 7.03. The fourth-order valence-corrected chi connectivity index (χ4v) is 0.652. The van der Waals surface area contributed by atoms with Crippen molar-refractivity contribution in [2.75, 3.05) is 0 Å². The third kappa shape index (κ3) is 2.98. The molecule has 3 nitrogen and oxygen atoms in total. The summed E-state index contributed by atoms with van der Waals surface area (Å²) in [6.07, 6.45) is 4.84. The Hall–Kier alpha value is -1.12. The van der Waals surface area contributed by atoms with Crippen molar-refractivity contribution in [1.29, 1.82) is 0 Å². The van der Waals surface area contributed by atoms with Gasteiger partial charge in [0.2, 0.25) is 5.88 Å². The van der Waals surface area contributed by atoms with Gasteiger partial charge in [0, 0.05) is 12.4 Å². The van der Waals surface area contributed by atoms with Gasteiger partial charge in [-0.1, -0.05) is 0 Å². The molecule has 0 aliphatic rings. The van der Waals surface area contributed by atoms with Gasteiger partial charge in [0.25, 0.3) is 0 Å². The highest BCUT2D eigenvalue weighted by Gasteiger charge is 2.11. The summed E-state index contributed by atoms with van der Waals surface area (Å²) in [5.41, 5.74) is -0.198. The van der Waals surface area contributed by atoms with Crippen LogP contribution in [0.25, 0.3) is 0 Å². The molecule has 0 amide bonds. The predicted octanol–water partition coefficient (Wildman–Crippen LogP) is 1.65. The van der Waals surface area contributed by atoms with Gasteiger partial charge in [-0.15, -0.1) is 0 Å². The van der Waals surface area contributed by atoms with Crippen LogP contribution in [-0.2, 0) is 0 Å². The van der Waals surface area contributed by atoms with Crippen molar-refractivity contribution in [2.45, 2.75) is 26.4 Å². The van der Waals surface area contributed by atoms with E-state index in [1.165, 1.54) is 0 Å². The first kappa shape index (κ1) is 7.98. The number of rotatable bonds is 1. The van der Waals surface area contributed by atoms with Gasteiger partial charge >= 0.3 is 0 Å². The molecule has 1 aromatic rings. The molecule has 0 aliphatic heterocycles. The van der Waals surface area contributed by atoms with Crippen LogP contribution in [0, 0.1) is 0 Å². The largest absolute Gasteiger partial charge is 0.471 e. The van der Waals surface area contributed by atoms with E-state index in [-0.39, 0.29) is 5.60 Å². The Balaban J connectivity index is 2.66. The van der Waals surface area contributed by atoms with Crippen molar-refractivity contribution in [3.63, 3.8) is 0 Å². The van der Waals surface area contributed by atoms with E-state index in [2.05, 4.69) is 9.97 Å². The summed E-state index contributed by atoms with van der Waals surface area (Å²) in [5.74, 6) is 0.569. The molecule has 0 aliphatic carbocycles. The highest BCUT2D eigenvalue weighted by Crippen LogP contribution is 2.12. The monoisotopic (exact) mass is 152 g/mol. The van der Waals surface area contributed by atoms with E-state index < -0.39 is 0 Å². The number of hydrogen-bond donors (Lipinski definition) is 0. The number of aromatic nitrogens is 2. The Morgan fingerprint density at radius 2 is 2.00 bits per heavy atom. The Morgan fingerprint density at radius 1 is 1.27 bits per heavy atom. The third-order valence-electron chi connectivity index (χ3n) is 0.950. The Morgan fingerprint density at radius 3 is 2.45 bits per heavy atom. The molecule has 1 heterocycles. The molecule has 0 atom stereocenters. The minimum absolute atomic E-state index is 0.198. The highest BCUT2D eigenvalue weighted by atomic mass is 16.5. The normalized spacial score (nSPS) is 11.2. The zero-order chi connectivity index (χ0) is 8.32. The van der Waals surface area contributed by atoms with Gasteiger partial charge in [-0.3, -0.25) is 4.98 Å². The Labute approximate surface area is 66.4 Å². The lowest BCUT2D eigenvalue weighted by Crippen LogP contribution is -2.23. The minimum atomic E-state index is -0.198. The molecule has 0 N–H and O–H groups in total. The predicted molar refractivity (Wildman–Crippen MR) is 42.4 cm³/mol. The number of nitrogens with zero attached hydrogens (tertiary/aromatic N) is 2. The molecule has 0 bridgehead atoms. The Bertz CT molecular complexity index is 215. The smallest absolute Gasteiger partial charge is 0.232 e. The van der Waals surface area contributed by atoms with Crippen molar-refractivity contribution < 1.29 is 4.74 Å². The molecule has 11 heavy (non-hydrogen) atoms. The molecule has 0 radical (unpaired) electrons. The third-order valence-corrected chi connectivity index (χ3v) is 0.950. The first-order valence-electron chi connectivity index (χ1n) is 3.53. The summed E-state index contributed by atoms with van der Waals surface area (Å²) >= 11 is 0. The molecule has 3 heteroatoms. The van der Waals surface area contributed by atoms with Gasteiger partial charge in [-0.25, -0.2) is 4.98 Å². The molecular weight excluding hydrogens is 140 g/mol. The first-order valence-corrected chi connectivity index (χ1v) is 3.53. The van der Waals surface area contributed by atoms with Crippen molar-refractivity contribution >= 4 is 0 Å². The molecule has 1 aromatic heterocycles. The quantitative estimate of drug-likeness (QED) is 0.613. The standard InChI is InChI=1S/C8H12N2O/c1-8(2,3)11-7-6-9-4-5-10-7/h4-6H,1-3H3. The van der Waals surface area contributed by atoms with E-state index >= 15 is 0 Å².